The molecule has 1 aromatic heterocycles. The molecule has 110 valence electrons. The van der Waals surface area contributed by atoms with E-state index in [0.29, 0.717) is 24.3 Å². The molecule has 1 aliphatic rings. The largest absolute Gasteiger partial charge is 0.377 e. The lowest BCUT2D eigenvalue weighted by Crippen LogP contribution is -2.31. The van der Waals surface area contributed by atoms with Crippen LogP contribution in [0.2, 0.25) is 0 Å². The van der Waals surface area contributed by atoms with Gasteiger partial charge in [0.1, 0.15) is 18.2 Å². The van der Waals surface area contributed by atoms with Crippen molar-refractivity contribution in [2.24, 2.45) is 0 Å². The van der Waals surface area contributed by atoms with Crippen LogP contribution in [0.25, 0.3) is 0 Å². The fraction of sp³-hybridized carbons (Fsp3) is 0.615. The quantitative estimate of drug-likeness (QED) is 0.650. The minimum absolute atomic E-state index is 0.00981. The van der Waals surface area contributed by atoms with E-state index < -0.39 is 0 Å². The number of nitrogens with zero attached hydrogens (tertiary/aromatic N) is 2. The highest BCUT2D eigenvalue weighted by Crippen LogP contribution is 2.18. The Morgan fingerprint density at radius 3 is 2.65 bits per heavy atom. The molecule has 20 heavy (non-hydrogen) atoms. The number of hydrogen-bond donors (Lipinski definition) is 3. The standard InChI is InChI=1S/C13H21N5O2/c1-3-14-10-6-11(18-12(17-10)8-20-2)15-7-13(19)16-9-4-5-9/h6,9H,3-5,7-8H2,1-2H3,(H,16,19)(H2,14,15,17,18). The minimum Gasteiger partial charge on any atom is -0.377 e. The van der Waals surface area contributed by atoms with Crippen molar-refractivity contribution < 1.29 is 9.53 Å². The Balaban J connectivity index is 1.95. The lowest BCUT2D eigenvalue weighted by Gasteiger charge is -2.10. The van der Waals surface area contributed by atoms with Crippen LogP contribution in [0.5, 0.6) is 0 Å². The summed E-state index contributed by atoms with van der Waals surface area (Å²) in [5.74, 6) is 1.91. The van der Waals surface area contributed by atoms with Gasteiger partial charge in [-0.2, -0.15) is 0 Å². The predicted octanol–water partition coefficient (Wildman–Crippen LogP) is 0.745. The van der Waals surface area contributed by atoms with Gasteiger partial charge in [-0.3, -0.25) is 4.79 Å². The summed E-state index contributed by atoms with van der Waals surface area (Å²) in [5, 5.41) is 9.06. The number of rotatable bonds is 8. The number of hydrogen-bond acceptors (Lipinski definition) is 6. The summed E-state index contributed by atoms with van der Waals surface area (Å²) in [6.07, 6.45) is 2.17. The number of nitrogens with one attached hydrogen (secondary N) is 3. The van der Waals surface area contributed by atoms with Crippen LogP contribution >= 0.6 is 0 Å². The topological polar surface area (TPSA) is 88.2 Å². The first-order valence-corrected chi connectivity index (χ1v) is 6.85. The Kier molecular flexibility index (Phi) is 5.11. The van der Waals surface area contributed by atoms with E-state index in [1.54, 1.807) is 13.2 Å². The molecule has 1 aliphatic carbocycles. The molecule has 7 heteroatoms. The second-order valence-corrected chi connectivity index (χ2v) is 4.71. The van der Waals surface area contributed by atoms with Crippen molar-refractivity contribution in [1.82, 2.24) is 15.3 Å². The summed E-state index contributed by atoms with van der Waals surface area (Å²) in [6.45, 7) is 3.31. The lowest BCUT2D eigenvalue weighted by atomic mass is 10.4. The van der Waals surface area contributed by atoms with E-state index in [0.717, 1.165) is 25.2 Å². The Morgan fingerprint density at radius 2 is 2.05 bits per heavy atom. The van der Waals surface area contributed by atoms with Crippen molar-refractivity contribution in [2.75, 3.05) is 30.8 Å². The van der Waals surface area contributed by atoms with E-state index >= 15 is 0 Å². The van der Waals surface area contributed by atoms with Gasteiger partial charge >= 0.3 is 0 Å². The van der Waals surface area contributed by atoms with Crippen LogP contribution in [-0.2, 0) is 16.1 Å². The van der Waals surface area contributed by atoms with Crippen LogP contribution in [0.4, 0.5) is 11.6 Å². The molecular formula is C13H21N5O2. The van der Waals surface area contributed by atoms with Crippen LogP contribution in [0.15, 0.2) is 6.07 Å². The van der Waals surface area contributed by atoms with E-state index in [4.69, 9.17) is 4.74 Å². The van der Waals surface area contributed by atoms with Crippen molar-refractivity contribution in [3.05, 3.63) is 11.9 Å². The molecule has 0 spiro atoms. The van der Waals surface area contributed by atoms with Crippen molar-refractivity contribution in [3.63, 3.8) is 0 Å². The van der Waals surface area contributed by atoms with Crippen LogP contribution in [0.1, 0.15) is 25.6 Å². The van der Waals surface area contributed by atoms with Gasteiger partial charge in [0.25, 0.3) is 0 Å². The molecule has 0 atom stereocenters. The Hall–Kier alpha value is -1.89. The fourth-order valence-electron chi connectivity index (χ4n) is 1.73. The van der Waals surface area contributed by atoms with Gasteiger partial charge in [0.05, 0.1) is 6.54 Å². The fourth-order valence-corrected chi connectivity index (χ4v) is 1.73. The molecular weight excluding hydrogens is 258 g/mol. The number of ether oxygens (including phenoxy) is 1. The Bertz CT molecular complexity index is 438. The summed E-state index contributed by atoms with van der Waals surface area (Å²) in [5.41, 5.74) is 0. The van der Waals surface area contributed by atoms with Gasteiger partial charge < -0.3 is 20.7 Å². The molecule has 0 radical (unpaired) electrons. The lowest BCUT2D eigenvalue weighted by molar-refractivity contribution is -0.119. The zero-order chi connectivity index (χ0) is 14.4. The number of amides is 1. The van der Waals surface area contributed by atoms with E-state index in [2.05, 4.69) is 25.9 Å². The minimum atomic E-state index is -0.00981. The van der Waals surface area contributed by atoms with E-state index in [1.807, 2.05) is 6.92 Å². The second kappa shape index (κ2) is 7.04. The van der Waals surface area contributed by atoms with E-state index in [1.165, 1.54) is 0 Å². The van der Waals surface area contributed by atoms with Crippen LogP contribution in [-0.4, -0.2) is 42.1 Å². The van der Waals surface area contributed by atoms with E-state index in [-0.39, 0.29) is 12.5 Å². The zero-order valence-corrected chi connectivity index (χ0v) is 11.9. The molecule has 0 aromatic carbocycles. The van der Waals surface area contributed by atoms with Crippen LogP contribution in [0.3, 0.4) is 0 Å². The summed E-state index contributed by atoms with van der Waals surface area (Å²) in [7, 11) is 1.60. The molecule has 7 nitrogen and oxygen atoms in total. The molecule has 3 N–H and O–H groups in total. The second-order valence-electron chi connectivity index (χ2n) is 4.71. The Labute approximate surface area is 118 Å². The first-order chi connectivity index (χ1) is 9.71. The maximum Gasteiger partial charge on any atom is 0.239 e. The van der Waals surface area contributed by atoms with Gasteiger partial charge in [0.2, 0.25) is 5.91 Å². The van der Waals surface area contributed by atoms with Crippen molar-refractivity contribution in [3.8, 4) is 0 Å². The highest BCUT2D eigenvalue weighted by atomic mass is 16.5. The molecule has 1 heterocycles. The number of carbonyl (C=O) groups excluding carboxylic acids is 1. The molecule has 1 aromatic rings. The molecule has 0 aliphatic heterocycles. The van der Waals surface area contributed by atoms with Crippen LogP contribution in [0, 0.1) is 0 Å². The first kappa shape index (κ1) is 14.5. The predicted molar refractivity (Wildman–Crippen MR) is 76.6 cm³/mol. The summed E-state index contributed by atoms with van der Waals surface area (Å²) in [6, 6.07) is 2.16. The SMILES string of the molecule is CCNc1cc(NCC(=O)NC2CC2)nc(COC)n1. The average molecular weight is 279 g/mol. The number of aromatic nitrogens is 2. The van der Waals surface area contributed by atoms with Gasteiger partial charge in [0, 0.05) is 25.8 Å². The van der Waals surface area contributed by atoms with Crippen molar-refractivity contribution >= 4 is 17.5 Å². The third kappa shape index (κ3) is 4.65. The van der Waals surface area contributed by atoms with Crippen molar-refractivity contribution in [2.45, 2.75) is 32.4 Å². The van der Waals surface area contributed by atoms with E-state index in [9.17, 15) is 4.79 Å². The highest BCUT2D eigenvalue weighted by molar-refractivity contribution is 5.81. The molecule has 1 amide bonds. The number of anilines is 2. The van der Waals surface area contributed by atoms with Gasteiger partial charge in [0.15, 0.2) is 5.82 Å². The number of carbonyl (C=O) groups is 1. The maximum absolute atomic E-state index is 11.6. The third-order valence-electron chi connectivity index (χ3n) is 2.78. The van der Waals surface area contributed by atoms with Gasteiger partial charge in [-0.25, -0.2) is 9.97 Å². The maximum atomic E-state index is 11.6. The normalized spacial score (nSPS) is 13.9. The zero-order valence-electron chi connectivity index (χ0n) is 11.9. The Morgan fingerprint density at radius 1 is 1.35 bits per heavy atom. The van der Waals surface area contributed by atoms with Crippen LogP contribution < -0.4 is 16.0 Å². The van der Waals surface area contributed by atoms with Gasteiger partial charge in [-0.05, 0) is 19.8 Å². The first-order valence-electron chi connectivity index (χ1n) is 6.85. The summed E-state index contributed by atoms with van der Waals surface area (Å²) >= 11 is 0. The average Bonchev–Trinajstić information content (AvgIpc) is 3.21. The van der Waals surface area contributed by atoms with Gasteiger partial charge in [-0.15, -0.1) is 0 Å². The smallest absolute Gasteiger partial charge is 0.239 e. The summed E-state index contributed by atoms with van der Waals surface area (Å²) < 4.78 is 5.04. The van der Waals surface area contributed by atoms with Crippen molar-refractivity contribution in [1.29, 1.82) is 0 Å². The molecule has 1 fully saturated rings. The molecule has 0 bridgehead atoms. The van der Waals surface area contributed by atoms with Gasteiger partial charge in [-0.1, -0.05) is 0 Å². The number of methoxy groups -OCH3 is 1. The monoisotopic (exact) mass is 279 g/mol. The highest BCUT2D eigenvalue weighted by Gasteiger charge is 2.22. The molecule has 0 unspecified atom stereocenters. The summed E-state index contributed by atoms with van der Waals surface area (Å²) in [4.78, 5) is 20.2. The molecule has 2 rings (SSSR count). The molecule has 1 saturated carbocycles. The third-order valence-corrected chi connectivity index (χ3v) is 2.78. The molecule has 0 saturated heterocycles.